The molecule has 0 saturated heterocycles. The van der Waals surface area contributed by atoms with Crippen molar-refractivity contribution in [2.24, 2.45) is 11.7 Å². The van der Waals surface area contributed by atoms with Gasteiger partial charge in [0, 0.05) is 0 Å². The lowest BCUT2D eigenvalue weighted by Gasteiger charge is -2.08. The highest BCUT2D eigenvalue weighted by Gasteiger charge is 2.07. The summed E-state index contributed by atoms with van der Waals surface area (Å²) in [5.41, 5.74) is 4.73. The van der Waals surface area contributed by atoms with Crippen LogP contribution in [-0.4, -0.2) is 15.0 Å². The van der Waals surface area contributed by atoms with Gasteiger partial charge in [0.2, 0.25) is 17.8 Å². The topological polar surface area (TPSA) is 127 Å². The van der Waals surface area contributed by atoms with E-state index in [0.29, 0.717) is 0 Å². The van der Waals surface area contributed by atoms with Gasteiger partial charge in [-0.05, 0) is 12.1 Å². The van der Waals surface area contributed by atoms with Crippen LogP contribution in [0.1, 0.15) is 0 Å². The Morgan fingerprint density at radius 3 is 2.00 bits per heavy atom. The van der Waals surface area contributed by atoms with E-state index in [2.05, 4.69) is 31.1 Å². The van der Waals surface area contributed by atoms with Crippen molar-refractivity contribution in [2.75, 3.05) is 16.2 Å². The predicted molar refractivity (Wildman–Crippen MR) is 65.1 cm³/mol. The number of rotatable bonds is 4. The zero-order valence-electron chi connectivity index (χ0n) is 9.18. The van der Waals surface area contributed by atoms with Crippen LogP contribution in [0.25, 0.3) is 0 Å². The van der Waals surface area contributed by atoms with Crippen molar-refractivity contribution < 1.29 is 4.39 Å². The minimum absolute atomic E-state index is 0.0942. The molecule has 0 aliphatic carbocycles. The number of nitrogen functional groups attached to an aromatic ring is 2. The van der Waals surface area contributed by atoms with Gasteiger partial charge in [-0.1, -0.05) is 12.1 Å². The second-order valence-corrected chi connectivity index (χ2v) is 3.20. The molecule has 2 rings (SSSR count). The number of halogens is 1. The molecule has 2 aromatic rings. The maximum absolute atomic E-state index is 13.4. The van der Waals surface area contributed by atoms with Crippen LogP contribution in [0.3, 0.4) is 0 Å². The largest absolute Gasteiger partial charge is 0.321 e. The Morgan fingerprint density at radius 2 is 1.44 bits per heavy atom. The van der Waals surface area contributed by atoms with Crippen molar-refractivity contribution in [3.8, 4) is 0 Å². The summed E-state index contributed by atoms with van der Waals surface area (Å²) < 4.78 is 13.4. The number of nitrogens with two attached hydrogens (primary N) is 2. The summed E-state index contributed by atoms with van der Waals surface area (Å²) >= 11 is 0. The smallest absolute Gasteiger partial charge is 0.243 e. The van der Waals surface area contributed by atoms with E-state index in [4.69, 9.17) is 11.7 Å². The van der Waals surface area contributed by atoms with Crippen molar-refractivity contribution in [1.29, 1.82) is 0 Å². The molecule has 18 heavy (non-hydrogen) atoms. The van der Waals surface area contributed by atoms with E-state index in [-0.39, 0.29) is 23.5 Å². The molecule has 0 radical (unpaired) electrons. The van der Waals surface area contributed by atoms with E-state index in [1.165, 1.54) is 6.07 Å². The first kappa shape index (κ1) is 12.0. The number of benzene rings is 1. The van der Waals surface area contributed by atoms with E-state index >= 15 is 0 Å². The highest BCUT2D eigenvalue weighted by molar-refractivity contribution is 5.55. The number of anilines is 4. The summed E-state index contributed by atoms with van der Waals surface area (Å²) in [4.78, 5) is 11.6. The van der Waals surface area contributed by atoms with Gasteiger partial charge in [-0.15, -0.1) is 0 Å². The first-order chi connectivity index (χ1) is 8.72. The summed E-state index contributed by atoms with van der Waals surface area (Å²) in [5.74, 6) is 10.3. The molecule has 9 heteroatoms. The van der Waals surface area contributed by atoms with Gasteiger partial charge in [-0.25, -0.2) is 16.1 Å². The molecule has 0 spiro atoms. The average molecular weight is 250 g/mol. The lowest BCUT2D eigenvalue weighted by Crippen LogP contribution is -2.17. The number of para-hydroxylation sites is 1. The fraction of sp³-hybridized carbons (Fsp3) is 0. The third kappa shape index (κ3) is 2.59. The van der Waals surface area contributed by atoms with Crippen LogP contribution >= 0.6 is 0 Å². The monoisotopic (exact) mass is 250 g/mol. The van der Waals surface area contributed by atoms with Crippen molar-refractivity contribution in [3.05, 3.63) is 30.1 Å². The Balaban J connectivity index is 2.31. The Labute approximate surface area is 102 Å². The van der Waals surface area contributed by atoms with Crippen LogP contribution in [0.4, 0.5) is 27.9 Å². The Kier molecular flexibility index (Phi) is 3.46. The second kappa shape index (κ2) is 5.21. The van der Waals surface area contributed by atoms with Crippen molar-refractivity contribution in [1.82, 2.24) is 15.0 Å². The Morgan fingerprint density at radius 1 is 0.889 bits per heavy atom. The van der Waals surface area contributed by atoms with Gasteiger partial charge in [-0.2, -0.15) is 15.0 Å². The molecule has 0 atom stereocenters. The molecular weight excluding hydrogens is 239 g/mol. The van der Waals surface area contributed by atoms with Gasteiger partial charge >= 0.3 is 0 Å². The number of hydrogen-bond acceptors (Lipinski definition) is 8. The average Bonchev–Trinajstić information content (AvgIpc) is 2.41. The number of hydrogen-bond donors (Lipinski definition) is 5. The van der Waals surface area contributed by atoms with Gasteiger partial charge in [0.15, 0.2) is 0 Å². The standard InChI is InChI=1S/C9H11FN8/c10-5-3-1-2-4-6(5)13-7-14-8(17-11)16-9(15-7)18-12/h1-4H,11-12H2,(H3,13,14,15,16,17,18). The minimum Gasteiger partial charge on any atom is -0.321 e. The second-order valence-electron chi connectivity index (χ2n) is 3.20. The molecule has 0 amide bonds. The fourth-order valence-corrected chi connectivity index (χ4v) is 1.24. The van der Waals surface area contributed by atoms with Gasteiger partial charge in [0.25, 0.3) is 0 Å². The van der Waals surface area contributed by atoms with Crippen LogP contribution in [-0.2, 0) is 0 Å². The van der Waals surface area contributed by atoms with E-state index in [1.54, 1.807) is 18.2 Å². The highest BCUT2D eigenvalue weighted by Crippen LogP contribution is 2.17. The van der Waals surface area contributed by atoms with Gasteiger partial charge < -0.3 is 5.32 Å². The lowest BCUT2D eigenvalue weighted by molar-refractivity contribution is 0.631. The molecule has 94 valence electrons. The molecule has 0 aliphatic heterocycles. The van der Waals surface area contributed by atoms with Gasteiger partial charge in [0.05, 0.1) is 5.69 Å². The number of aromatic nitrogens is 3. The van der Waals surface area contributed by atoms with Gasteiger partial charge in [0.1, 0.15) is 5.82 Å². The summed E-state index contributed by atoms with van der Waals surface area (Å²) in [6.07, 6.45) is 0. The SMILES string of the molecule is NNc1nc(NN)nc(Nc2ccccc2F)n1. The van der Waals surface area contributed by atoms with Crippen molar-refractivity contribution >= 4 is 23.5 Å². The highest BCUT2D eigenvalue weighted by atomic mass is 19.1. The van der Waals surface area contributed by atoms with Crippen LogP contribution in [0.15, 0.2) is 24.3 Å². The molecule has 0 bridgehead atoms. The molecule has 1 aromatic heterocycles. The lowest BCUT2D eigenvalue weighted by atomic mass is 10.3. The molecule has 0 saturated carbocycles. The van der Waals surface area contributed by atoms with Gasteiger partial charge in [-0.3, -0.25) is 10.9 Å². The molecule has 0 unspecified atom stereocenters. The van der Waals surface area contributed by atoms with Crippen LogP contribution in [0.2, 0.25) is 0 Å². The van der Waals surface area contributed by atoms with Crippen LogP contribution in [0, 0.1) is 5.82 Å². The quantitative estimate of drug-likeness (QED) is 0.388. The van der Waals surface area contributed by atoms with Crippen LogP contribution < -0.4 is 27.9 Å². The normalized spacial score (nSPS) is 9.94. The molecule has 0 aliphatic rings. The zero-order chi connectivity index (χ0) is 13.0. The number of hydrazine groups is 2. The predicted octanol–water partition coefficient (Wildman–Crippen LogP) is 0.325. The van der Waals surface area contributed by atoms with Crippen molar-refractivity contribution in [2.45, 2.75) is 0 Å². The molecule has 8 nitrogen and oxygen atoms in total. The van der Waals surface area contributed by atoms with Crippen LogP contribution in [0.5, 0.6) is 0 Å². The minimum atomic E-state index is -0.428. The molecule has 0 fully saturated rings. The maximum Gasteiger partial charge on any atom is 0.243 e. The van der Waals surface area contributed by atoms with E-state index < -0.39 is 5.82 Å². The van der Waals surface area contributed by atoms with E-state index in [9.17, 15) is 4.39 Å². The maximum atomic E-state index is 13.4. The summed E-state index contributed by atoms with van der Waals surface area (Å²) in [7, 11) is 0. The molecule has 1 heterocycles. The summed E-state index contributed by atoms with van der Waals surface area (Å²) in [5, 5.41) is 2.69. The molecular formula is C9H11FN8. The van der Waals surface area contributed by atoms with E-state index in [1.807, 2.05) is 0 Å². The fourth-order valence-electron chi connectivity index (χ4n) is 1.24. The number of nitrogens with zero attached hydrogens (tertiary/aromatic N) is 3. The Bertz CT molecular complexity index is 524. The summed E-state index contributed by atoms with van der Waals surface area (Å²) in [6.45, 7) is 0. The number of nitrogens with one attached hydrogen (secondary N) is 3. The van der Waals surface area contributed by atoms with Crippen molar-refractivity contribution in [3.63, 3.8) is 0 Å². The first-order valence-electron chi connectivity index (χ1n) is 4.94. The first-order valence-corrected chi connectivity index (χ1v) is 4.94. The third-order valence-electron chi connectivity index (χ3n) is 2.01. The summed E-state index contributed by atoms with van der Waals surface area (Å²) in [6, 6.07) is 6.11. The third-order valence-corrected chi connectivity index (χ3v) is 2.01. The van der Waals surface area contributed by atoms with E-state index in [0.717, 1.165) is 0 Å². The molecule has 1 aromatic carbocycles. The zero-order valence-corrected chi connectivity index (χ0v) is 9.18. The Hall–Kier alpha value is -2.52. The molecule has 7 N–H and O–H groups in total.